The van der Waals surface area contributed by atoms with Crippen molar-refractivity contribution in [3.05, 3.63) is 22.2 Å². The molecule has 0 aliphatic heterocycles. The van der Waals surface area contributed by atoms with Gasteiger partial charge in [-0.2, -0.15) is 0 Å². The number of halogens is 2. The number of benzene rings is 1. The Balaban J connectivity index is 3.18. The molecule has 1 radical (unpaired) electrons. The SMILES string of the molecule is COc1[c]c(OC)c(Cl)cc1Cl. The van der Waals surface area contributed by atoms with Crippen molar-refractivity contribution in [3.63, 3.8) is 0 Å². The summed E-state index contributed by atoms with van der Waals surface area (Å²) in [4.78, 5) is 0. The first-order chi connectivity index (χ1) is 5.69. The van der Waals surface area contributed by atoms with E-state index in [4.69, 9.17) is 32.7 Å². The standard InChI is InChI=1S/C8H7Cl2O2/c1-11-7-4-8(12-2)6(10)3-5(7)9/h3H,1-2H3. The van der Waals surface area contributed by atoms with Gasteiger partial charge in [0.1, 0.15) is 11.5 Å². The maximum atomic E-state index is 5.76. The largest absolute Gasteiger partial charge is 0.494 e. The van der Waals surface area contributed by atoms with Gasteiger partial charge in [0, 0.05) is 0 Å². The molecule has 0 fully saturated rings. The van der Waals surface area contributed by atoms with Gasteiger partial charge in [0.25, 0.3) is 0 Å². The van der Waals surface area contributed by atoms with Crippen LogP contribution in [-0.2, 0) is 0 Å². The Kier molecular flexibility index (Phi) is 3.06. The van der Waals surface area contributed by atoms with E-state index >= 15 is 0 Å². The third kappa shape index (κ3) is 1.76. The Bertz CT molecular complexity index is 261. The van der Waals surface area contributed by atoms with E-state index in [1.54, 1.807) is 6.07 Å². The molecule has 0 aliphatic carbocycles. The highest BCUT2D eigenvalue weighted by atomic mass is 35.5. The lowest BCUT2D eigenvalue weighted by Crippen LogP contribution is -1.89. The predicted molar refractivity (Wildman–Crippen MR) is 48.4 cm³/mol. The molecule has 0 atom stereocenters. The van der Waals surface area contributed by atoms with Crippen LogP contribution in [0.4, 0.5) is 0 Å². The van der Waals surface area contributed by atoms with Crippen molar-refractivity contribution in [1.29, 1.82) is 0 Å². The topological polar surface area (TPSA) is 18.5 Å². The highest BCUT2D eigenvalue weighted by molar-refractivity contribution is 6.36. The zero-order valence-electron chi connectivity index (χ0n) is 6.65. The molecule has 1 aromatic carbocycles. The van der Waals surface area contributed by atoms with E-state index in [-0.39, 0.29) is 0 Å². The van der Waals surface area contributed by atoms with E-state index < -0.39 is 0 Å². The van der Waals surface area contributed by atoms with Gasteiger partial charge < -0.3 is 9.47 Å². The van der Waals surface area contributed by atoms with Crippen molar-refractivity contribution in [3.8, 4) is 11.5 Å². The van der Waals surface area contributed by atoms with E-state index in [0.29, 0.717) is 21.5 Å². The van der Waals surface area contributed by atoms with Crippen molar-refractivity contribution in [2.75, 3.05) is 14.2 Å². The summed E-state index contributed by atoms with van der Waals surface area (Å²) in [6.07, 6.45) is 0. The average Bonchev–Trinajstić information content (AvgIpc) is 2.05. The number of ether oxygens (including phenoxy) is 2. The lowest BCUT2D eigenvalue weighted by Gasteiger charge is -2.06. The maximum Gasteiger partial charge on any atom is 0.149 e. The molecule has 0 unspecified atom stereocenters. The molecule has 65 valence electrons. The molecule has 1 aromatic rings. The molecule has 12 heavy (non-hydrogen) atoms. The lowest BCUT2D eigenvalue weighted by atomic mass is 10.3. The number of methoxy groups -OCH3 is 2. The van der Waals surface area contributed by atoms with Crippen LogP contribution in [0, 0.1) is 6.07 Å². The molecular weight excluding hydrogens is 199 g/mol. The van der Waals surface area contributed by atoms with Crippen molar-refractivity contribution < 1.29 is 9.47 Å². The van der Waals surface area contributed by atoms with Crippen LogP contribution in [0.2, 0.25) is 10.0 Å². The fraction of sp³-hybridized carbons (Fsp3) is 0.250. The summed E-state index contributed by atoms with van der Waals surface area (Å²) in [7, 11) is 3.01. The van der Waals surface area contributed by atoms with Gasteiger partial charge in [-0.1, -0.05) is 23.2 Å². The van der Waals surface area contributed by atoms with Crippen LogP contribution in [0.1, 0.15) is 0 Å². The van der Waals surface area contributed by atoms with Crippen LogP contribution in [0.5, 0.6) is 11.5 Å². The van der Waals surface area contributed by atoms with Crippen molar-refractivity contribution in [2.45, 2.75) is 0 Å². The first kappa shape index (κ1) is 9.49. The third-order valence-corrected chi connectivity index (χ3v) is 1.88. The normalized spacial score (nSPS) is 9.67. The molecule has 0 saturated heterocycles. The second-order valence-corrected chi connectivity index (χ2v) is 2.85. The fourth-order valence-electron chi connectivity index (χ4n) is 0.762. The molecule has 0 saturated carbocycles. The minimum atomic E-state index is 0.420. The Morgan fingerprint density at radius 2 is 1.50 bits per heavy atom. The molecule has 0 aromatic heterocycles. The molecule has 1 rings (SSSR count). The van der Waals surface area contributed by atoms with Crippen molar-refractivity contribution in [2.24, 2.45) is 0 Å². The Labute approximate surface area is 81.0 Å². The molecule has 0 heterocycles. The van der Waals surface area contributed by atoms with Gasteiger partial charge >= 0.3 is 0 Å². The molecule has 0 spiro atoms. The van der Waals surface area contributed by atoms with E-state index in [2.05, 4.69) is 6.07 Å². The minimum Gasteiger partial charge on any atom is -0.494 e. The summed E-state index contributed by atoms with van der Waals surface area (Å²) in [5, 5.41) is 0.839. The van der Waals surface area contributed by atoms with Gasteiger partial charge in [-0.05, 0) is 6.07 Å². The van der Waals surface area contributed by atoms with Crippen molar-refractivity contribution >= 4 is 23.2 Å². The highest BCUT2D eigenvalue weighted by Crippen LogP contribution is 2.34. The lowest BCUT2D eigenvalue weighted by molar-refractivity contribution is 0.393. The third-order valence-electron chi connectivity index (χ3n) is 1.32. The van der Waals surface area contributed by atoms with Gasteiger partial charge in [-0.15, -0.1) is 0 Å². The predicted octanol–water partition coefficient (Wildman–Crippen LogP) is 2.81. The van der Waals surface area contributed by atoms with E-state index in [0.717, 1.165) is 0 Å². The summed E-state index contributed by atoms with van der Waals surface area (Å²) >= 11 is 11.5. The highest BCUT2D eigenvalue weighted by Gasteiger charge is 2.07. The smallest absolute Gasteiger partial charge is 0.149 e. The van der Waals surface area contributed by atoms with Gasteiger partial charge in [0.15, 0.2) is 0 Å². The molecular formula is C8H7Cl2O2. The molecule has 0 aliphatic rings. The number of hydrogen-bond acceptors (Lipinski definition) is 2. The zero-order chi connectivity index (χ0) is 9.14. The summed E-state index contributed by atoms with van der Waals surface area (Å²) < 4.78 is 9.83. The van der Waals surface area contributed by atoms with Gasteiger partial charge in [-0.3, -0.25) is 0 Å². The van der Waals surface area contributed by atoms with E-state index in [9.17, 15) is 0 Å². The van der Waals surface area contributed by atoms with Crippen LogP contribution in [0.3, 0.4) is 0 Å². The summed E-state index contributed by atoms with van der Waals surface area (Å²) in [5.74, 6) is 0.857. The molecule has 0 amide bonds. The second-order valence-electron chi connectivity index (χ2n) is 2.03. The molecule has 0 N–H and O–H groups in total. The minimum absolute atomic E-state index is 0.420. The van der Waals surface area contributed by atoms with E-state index in [1.807, 2.05) is 0 Å². The molecule has 2 nitrogen and oxygen atoms in total. The van der Waals surface area contributed by atoms with Crippen molar-refractivity contribution in [1.82, 2.24) is 0 Å². The van der Waals surface area contributed by atoms with Crippen LogP contribution in [0.25, 0.3) is 0 Å². The van der Waals surface area contributed by atoms with E-state index in [1.165, 1.54) is 14.2 Å². The first-order valence-electron chi connectivity index (χ1n) is 3.18. The van der Waals surface area contributed by atoms with Gasteiger partial charge in [0.05, 0.1) is 30.3 Å². The molecule has 4 heteroatoms. The van der Waals surface area contributed by atoms with Crippen LogP contribution < -0.4 is 9.47 Å². The Morgan fingerprint density at radius 1 is 1.08 bits per heavy atom. The monoisotopic (exact) mass is 205 g/mol. The zero-order valence-corrected chi connectivity index (χ0v) is 8.16. The summed E-state index contributed by atoms with van der Waals surface area (Å²) in [6.45, 7) is 0. The van der Waals surface area contributed by atoms with Crippen LogP contribution in [-0.4, -0.2) is 14.2 Å². The van der Waals surface area contributed by atoms with Crippen LogP contribution in [0.15, 0.2) is 6.07 Å². The fourth-order valence-corrected chi connectivity index (χ4v) is 1.28. The summed E-state index contributed by atoms with van der Waals surface area (Å²) in [5.41, 5.74) is 0. The van der Waals surface area contributed by atoms with Gasteiger partial charge in [0.2, 0.25) is 0 Å². The summed E-state index contributed by atoms with van der Waals surface area (Å²) in [6, 6.07) is 4.32. The molecule has 0 bridgehead atoms. The maximum absolute atomic E-state index is 5.76. The Hall–Kier alpha value is -0.600. The average molecular weight is 206 g/mol. The number of rotatable bonds is 2. The number of hydrogen-bond donors (Lipinski definition) is 0. The first-order valence-corrected chi connectivity index (χ1v) is 3.94. The van der Waals surface area contributed by atoms with Gasteiger partial charge in [-0.25, -0.2) is 0 Å². The second kappa shape index (κ2) is 3.87. The quantitative estimate of drug-likeness (QED) is 0.740. The van der Waals surface area contributed by atoms with Crippen LogP contribution >= 0.6 is 23.2 Å². The Morgan fingerprint density at radius 3 is 1.83 bits per heavy atom.